The Kier molecular flexibility index (Phi) is 7.76. The van der Waals surface area contributed by atoms with E-state index in [0.29, 0.717) is 24.3 Å². The van der Waals surface area contributed by atoms with Gasteiger partial charge in [0, 0.05) is 19.0 Å². The van der Waals surface area contributed by atoms with Crippen LogP contribution in [0.25, 0.3) is 0 Å². The second-order valence-electron chi connectivity index (χ2n) is 8.53. The fraction of sp³-hybridized carbons (Fsp3) is 0.500. The average Bonchev–Trinajstić information content (AvgIpc) is 2.48. The van der Waals surface area contributed by atoms with Crippen molar-refractivity contribution in [3.05, 3.63) is 29.8 Å². The van der Waals surface area contributed by atoms with Gasteiger partial charge >= 0.3 is 0 Å². The molecule has 1 aromatic carbocycles. The number of hydrogen-bond acceptors (Lipinski definition) is 2. The van der Waals surface area contributed by atoms with Gasteiger partial charge in [0.05, 0.1) is 4.90 Å². The Hall–Kier alpha value is -1.48. The van der Waals surface area contributed by atoms with Gasteiger partial charge in [-0.1, -0.05) is 57.0 Å². The molecule has 26 heavy (non-hydrogen) atoms. The van der Waals surface area contributed by atoms with Crippen molar-refractivity contribution in [1.29, 1.82) is 0 Å². The lowest BCUT2D eigenvalue weighted by Gasteiger charge is -2.18. The smallest absolute Gasteiger partial charge is 0.225 e. The van der Waals surface area contributed by atoms with E-state index >= 15 is 0 Å². The predicted octanol–water partition coefficient (Wildman–Crippen LogP) is 4.49. The Morgan fingerprint density at radius 1 is 0.923 bits per heavy atom. The van der Waals surface area contributed by atoms with Crippen molar-refractivity contribution >= 4 is 26.2 Å². The van der Waals surface area contributed by atoms with Crippen molar-refractivity contribution in [1.82, 2.24) is 4.31 Å². The molecule has 0 spiro atoms. The summed E-state index contributed by atoms with van der Waals surface area (Å²) < 4.78 is 27.3. The third kappa shape index (κ3) is 8.27. The molecule has 0 saturated carbocycles. The minimum absolute atomic E-state index is 0.293. The van der Waals surface area contributed by atoms with Crippen molar-refractivity contribution in [2.24, 2.45) is 0 Å². The quantitative estimate of drug-likeness (QED) is 0.313. The van der Waals surface area contributed by atoms with Crippen LogP contribution in [-0.4, -0.2) is 35.4 Å². The van der Waals surface area contributed by atoms with Gasteiger partial charge in [0.2, 0.25) is 0 Å². The number of aryl methyl sites for hydroxylation is 1. The Bertz CT molecular complexity index is 825. The third-order valence-electron chi connectivity index (χ3n) is 3.29. The van der Waals surface area contributed by atoms with Crippen molar-refractivity contribution in [3.8, 4) is 23.1 Å². The highest BCUT2D eigenvalue weighted by atomic mass is 32.2. The van der Waals surface area contributed by atoms with E-state index in [9.17, 15) is 8.42 Å². The van der Waals surface area contributed by atoms with Crippen molar-refractivity contribution in [2.45, 2.75) is 63.9 Å². The molecule has 1 rings (SSSR count). The predicted molar refractivity (Wildman–Crippen MR) is 117 cm³/mol. The van der Waals surface area contributed by atoms with E-state index in [1.807, 2.05) is 19.1 Å². The maximum atomic E-state index is 13.0. The molecule has 0 aliphatic rings. The first-order valence-corrected chi connectivity index (χ1v) is 17.4. The van der Waals surface area contributed by atoms with Gasteiger partial charge in [-0.05, 0) is 25.5 Å². The van der Waals surface area contributed by atoms with E-state index in [1.54, 1.807) is 12.1 Å². The fourth-order valence-corrected chi connectivity index (χ4v) is 4.42. The molecule has 0 heterocycles. The molecule has 0 unspecified atom stereocenters. The zero-order valence-corrected chi connectivity index (χ0v) is 19.9. The Labute approximate surface area is 162 Å². The summed E-state index contributed by atoms with van der Waals surface area (Å²) in [5.41, 5.74) is 7.53. The zero-order valence-electron chi connectivity index (χ0n) is 17.1. The lowest BCUT2D eigenvalue weighted by atomic mass is 10.2. The summed E-state index contributed by atoms with van der Waals surface area (Å²) in [5.74, 6) is 3.20. The second kappa shape index (κ2) is 8.95. The van der Waals surface area contributed by atoms with Crippen LogP contribution in [0.3, 0.4) is 0 Å². The minimum atomic E-state index is -3.61. The maximum absolute atomic E-state index is 13.0. The summed E-state index contributed by atoms with van der Waals surface area (Å²) in [6, 6.07) is 9.87. The Balaban J connectivity index is 3.02. The zero-order chi connectivity index (χ0) is 20.0. The van der Waals surface area contributed by atoms with Gasteiger partial charge in [-0.3, -0.25) is 0 Å². The molecule has 3 nitrogen and oxygen atoms in total. The van der Waals surface area contributed by atoms with Crippen molar-refractivity contribution < 1.29 is 8.42 Å². The topological polar surface area (TPSA) is 37.4 Å². The SMILES string of the molecule is Cc1ccc(S(=O)(=O)N(C#C[Si](C)(C)C)CCCC#C[Si](C)(C)C)cc1. The molecule has 0 atom stereocenters. The highest BCUT2D eigenvalue weighted by molar-refractivity contribution is 7.89. The molecule has 0 radical (unpaired) electrons. The number of sulfonamides is 1. The molecule has 0 amide bonds. The molecule has 142 valence electrons. The summed E-state index contributed by atoms with van der Waals surface area (Å²) in [4.78, 5) is 0.293. The van der Waals surface area contributed by atoms with E-state index in [2.05, 4.69) is 62.3 Å². The summed E-state index contributed by atoms with van der Waals surface area (Å²) in [6.07, 6.45) is 1.38. The van der Waals surface area contributed by atoms with Crippen LogP contribution in [0.4, 0.5) is 0 Å². The van der Waals surface area contributed by atoms with E-state index in [4.69, 9.17) is 0 Å². The van der Waals surface area contributed by atoms with Crippen LogP contribution in [0.5, 0.6) is 0 Å². The molecule has 0 fully saturated rings. The van der Waals surface area contributed by atoms with Gasteiger partial charge in [0.15, 0.2) is 0 Å². The fourth-order valence-electron chi connectivity index (χ4n) is 1.94. The molecule has 0 bridgehead atoms. The number of hydrogen-bond donors (Lipinski definition) is 0. The number of nitrogens with zero attached hydrogens (tertiary/aromatic N) is 1. The molecule has 0 saturated heterocycles. The van der Waals surface area contributed by atoms with Crippen LogP contribution in [0, 0.1) is 30.0 Å². The summed E-state index contributed by atoms with van der Waals surface area (Å²) >= 11 is 0. The molecule has 1 aromatic rings. The Morgan fingerprint density at radius 3 is 1.96 bits per heavy atom. The van der Waals surface area contributed by atoms with Gasteiger partial charge in [-0.25, -0.2) is 12.7 Å². The van der Waals surface area contributed by atoms with Crippen LogP contribution in [-0.2, 0) is 10.0 Å². The number of rotatable bonds is 5. The highest BCUT2D eigenvalue weighted by Crippen LogP contribution is 2.17. The summed E-state index contributed by atoms with van der Waals surface area (Å²) in [6.45, 7) is 15.2. The molecular weight excluding hydrogens is 374 g/mol. The largest absolute Gasteiger partial charge is 0.270 e. The van der Waals surface area contributed by atoms with E-state index in [0.717, 1.165) is 5.56 Å². The Morgan fingerprint density at radius 2 is 1.46 bits per heavy atom. The van der Waals surface area contributed by atoms with Crippen molar-refractivity contribution in [2.75, 3.05) is 6.54 Å². The van der Waals surface area contributed by atoms with Gasteiger partial charge in [-0.2, -0.15) is 0 Å². The van der Waals surface area contributed by atoms with Gasteiger partial charge < -0.3 is 0 Å². The average molecular weight is 406 g/mol. The van der Waals surface area contributed by atoms with E-state index < -0.39 is 26.2 Å². The highest BCUT2D eigenvalue weighted by Gasteiger charge is 2.22. The lowest BCUT2D eigenvalue weighted by Crippen LogP contribution is -2.29. The second-order valence-corrected chi connectivity index (χ2v) is 19.9. The lowest BCUT2D eigenvalue weighted by molar-refractivity contribution is 0.504. The molecule has 0 aliphatic carbocycles. The summed E-state index contributed by atoms with van der Waals surface area (Å²) in [7, 11) is -6.68. The number of unbranched alkanes of at least 4 members (excludes halogenated alkanes) is 1. The van der Waals surface area contributed by atoms with Gasteiger partial charge in [0.1, 0.15) is 16.1 Å². The molecule has 6 heteroatoms. The standard InChI is InChI=1S/C20H31NO2SSi2/c1-19-11-13-20(14-12-19)24(22,23)21(16-18-26(5,6)7)15-9-8-10-17-25(2,3)4/h11-14H,8-9,15H2,1-7H3. The van der Waals surface area contributed by atoms with E-state index in [1.165, 1.54) is 4.31 Å². The van der Waals surface area contributed by atoms with Gasteiger partial charge in [0.25, 0.3) is 10.0 Å². The molecule has 0 aliphatic heterocycles. The van der Waals surface area contributed by atoms with Crippen LogP contribution in [0.15, 0.2) is 29.2 Å². The van der Waals surface area contributed by atoms with Crippen LogP contribution >= 0.6 is 0 Å². The minimum Gasteiger partial charge on any atom is -0.225 e. The first kappa shape index (κ1) is 22.6. The normalized spacial score (nSPS) is 11.8. The van der Waals surface area contributed by atoms with Crippen LogP contribution in [0.1, 0.15) is 18.4 Å². The third-order valence-corrected chi connectivity index (χ3v) is 6.80. The summed E-state index contributed by atoms with van der Waals surface area (Å²) in [5, 5.41) is 0. The molecule has 0 N–H and O–H groups in total. The monoisotopic (exact) mass is 405 g/mol. The molecular formula is C20H31NO2SSi2. The van der Waals surface area contributed by atoms with Crippen LogP contribution in [0.2, 0.25) is 39.3 Å². The maximum Gasteiger partial charge on any atom is 0.270 e. The van der Waals surface area contributed by atoms with Crippen molar-refractivity contribution in [3.63, 3.8) is 0 Å². The van der Waals surface area contributed by atoms with Crippen LogP contribution < -0.4 is 0 Å². The van der Waals surface area contributed by atoms with Gasteiger partial charge in [-0.15, -0.1) is 17.0 Å². The number of benzene rings is 1. The first-order chi connectivity index (χ1) is 11.8. The van der Waals surface area contributed by atoms with E-state index in [-0.39, 0.29) is 0 Å². The first-order valence-electron chi connectivity index (χ1n) is 8.93. The molecule has 0 aromatic heterocycles.